The standard InChI is InChI=1S/C14H21NO4/c1-10-2-5-14(9-16,6-3-10)15-8-11-4-7-19-12(11)13(17)18/h4,7,10,15-16H,2-3,5-6,8-9H2,1H3,(H,17,18). The molecule has 1 saturated carbocycles. The molecule has 1 aromatic heterocycles. The van der Waals surface area contributed by atoms with Gasteiger partial charge in [-0.3, -0.25) is 0 Å². The van der Waals surface area contributed by atoms with Crippen LogP contribution in [0.3, 0.4) is 0 Å². The Bertz CT molecular complexity index is 432. The van der Waals surface area contributed by atoms with Gasteiger partial charge in [-0.1, -0.05) is 6.92 Å². The summed E-state index contributed by atoms with van der Waals surface area (Å²) < 4.78 is 4.95. The van der Waals surface area contributed by atoms with Gasteiger partial charge in [0, 0.05) is 17.6 Å². The monoisotopic (exact) mass is 267 g/mol. The van der Waals surface area contributed by atoms with Crippen molar-refractivity contribution < 1.29 is 19.4 Å². The van der Waals surface area contributed by atoms with E-state index >= 15 is 0 Å². The number of carbonyl (C=O) groups is 1. The minimum Gasteiger partial charge on any atom is -0.475 e. The van der Waals surface area contributed by atoms with Crippen LogP contribution in [0.15, 0.2) is 16.7 Å². The van der Waals surface area contributed by atoms with Crippen LogP contribution < -0.4 is 5.32 Å². The Morgan fingerprint density at radius 1 is 1.53 bits per heavy atom. The van der Waals surface area contributed by atoms with E-state index in [9.17, 15) is 9.90 Å². The summed E-state index contributed by atoms with van der Waals surface area (Å²) in [7, 11) is 0. The van der Waals surface area contributed by atoms with E-state index in [1.165, 1.54) is 6.26 Å². The minimum atomic E-state index is -1.06. The largest absolute Gasteiger partial charge is 0.475 e. The summed E-state index contributed by atoms with van der Waals surface area (Å²) >= 11 is 0. The van der Waals surface area contributed by atoms with Crippen LogP contribution >= 0.6 is 0 Å². The molecule has 0 spiro atoms. The zero-order valence-corrected chi connectivity index (χ0v) is 11.2. The van der Waals surface area contributed by atoms with E-state index in [2.05, 4.69) is 12.2 Å². The molecule has 0 amide bonds. The van der Waals surface area contributed by atoms with Gasteiger partial charge < -0.3 is 19.9 Å². The molecule has 3 N–H and O–H groups in total. The van der Waals surface area contributed by atoms with Crippen molar-refractivity contribution >= 4 is 5.97 Å². The van der Waals surface area contributed by atoms with Crippen LogP contribution in [0.2, 0.25) is 0 Å². The summed E-state index contributed by atoms with van der Waals surface area (Å²) in [6.07, 6.45) is 5.40. The third-order valence-corrected chi connectivity index (χ3v) is 4.13. The molecule has 19 heavy (non-hydrogen) atoms. The van der Waals surface area contributed by atoms with Gasteiger partial charge in [-0.25, -0.2) is 4.79 Å². The van der Waals surface area contributed by atoms with Gasteiger partial charge in [0.25, 0.3) is 0 Å². The topological polar surface area (TPSA) is 82.7 Å². The highest BCUT2D eigenvalue weighted by molar-refractivity contribution is 5.86. The molecule has 5 heteroatoms. The molecule has 1 aliphatic rings. The first-order valence-corrected chi connectivity index (χ1v) is 6.72. The first-order valence-electron chi connectivity index (χ1n) is 6.72. The molecule has 0 radical (unpaired) electrons. The molecule has 1 heterocycles. The first kappa shape index (κ1) is 14.1. The van der Waals surface area contributed by atoms with Crippen molar-refractivity contribution in [3.8, 4) is 0 Å². The van der Waals surface area contributed by atoms with Crippen LogP contribution in [0.25, 0.3) is 0 Å². The molecule has 1 aromatic rings. The molecule has 1 aliphatic carbocycles. The Balaban J connectivity index is 2.00. The Morgan fingerprint density at radius 2 is 2.21 bits per heavy atom. The Morgan fingerprint density at radius 3 is 2.79 bits per heavy atom. The maximum Gasteiger partial charge on any atom is 0.372 e. The lowest BCUT2D eigenvalue weighted by Gasteiger charge is -2.39. The quantitative estimate of drug-likeness (QED) is 0.760. The lowest BCUT2D eigenvalue weighted by molar-refractivity contribution is 0.0659. The fourth-order valence-electron chi connectivity index (χ4n) is 2.65. The second-order valence-corrected chi connectivity index (χ2v) is 5.55. The summed E-state index contributed by atoms with van der Waals surface area (Å²) in [5.41, 5.74) is 0.346. The predicted molar refractivity (Wildman–Crippen MR) is 70.0 cm³/mol. The normalized spacial score (nSPS) is 27.4. The lowest BCUT2D eigenvalue weighted by atomic mass is 9.77. The summed E-state index contributed by atoms with van der Waals surface area (Å²) in [5.74, 6) is -0.383. The number of carboxylic acids is 1. The summed E-state index contributed by atoms with van der Waals surface area (Å²) in [6, 6.07) is 1.66. The van der Waals surface area contributed by atoms with E-state index in [4.69, 9.17) is 9.52 Å². The van der Waals surface area contributed by atoms with Gasteiger partial charge in [-0.15, -0.1) is 0 Å². The minimum absolute atomic E-state index is 0.0234. The Kier molecular flexibility index (Phi) is 4.27. The summed E-state index contributed by atoms with van der Waals surface area (Å²) in [6.45, 7) is 2.72. The van der Waals surface area contributed by atoms with E-state index in [0.717, 1.165) is 25.7 Å². The number of aliphatic hydroxyl groups excluding tert-OH is 1. The highest BCUT2D eigenvalue weighted by atomic mass is 16.4. The molecular formula is C14H21NO4. The number of hydrogen-bond donors (Lipinski definition) is 3. The van der Waals surface area contributed by atoms with Crippen molar-refractivity contribution in [2.24, 2.45) is 5.92 Å². The third-order valence-electron chi connectivity index (χ3n) is 4.13. The molecule has 0 saturated heterocycles. The Hall–Kier alpha value is -1.33. The summed E-state index contributed by atoms with van der Waals surface area (Å²) in [5, 5.41) is 21.9. The number of carboxylic acid groups (broad SMARTS) is 1. The lowest BCUT2D eigenvalue weighted by Crippen LogP contribution is -2.50. The van der Waals surface area contributed by atoms with Crippen LogP contribution in [-0.4, -0.2) is 28.3 Å². The van der Waals surface area contributed by atoms with E-state index < -0.39 is 5.97 Å². The molecule has 2 rings (SSSR count). The van der Waals surface area contributed by atoms with Crippen LogP contribution in [0.4, 0.5) is 0 Å². The van der Waals surface area contributed by atoms with Gasteiger partial charge in [0.2, 0.25) is 5.76 Å². The third kappa shape index (κ3) is 3.16. The van der Waals surface area contributed by atoms with E-state index in [-0.39, 0.29) is 17.9 Å². The van der Waals surface area contributed by atoms with Gasteiger partial charge in [-0.05, 0) is 37.7 Å². The van der Waals surface area contributed by atoms with Gasteiger partial charge >= 0.3 is 5.97 Å². The van der Waals surface area contributed by atoms with Crippen LogP contribution in [-0.2, 0) is 6.54 Å². The van der Waals surface area contributed by atoms with Crippen molar-refractivity contribution in [3.63, 3.8) is 0 Å². The Labute approximate surface area is 112 Å². The predicted octanol–water partition coefficient (Wildman–Crippen LogP) is 2.01. The zero-order valence-electron chi connectivity index (χ0n) is 11.2. The highest BCUT2D eigenvalue weighted by Crippen LogP contribution is 2.32. The van der Waals surface area contributed by atoms with Gasteiger partial charge in [0.1, 0.15) is 0 Å². The second kappa shape index (κ2) is 5.75. The molecule has 0 unspecified atom stereocenters. The number of aliphatic hydroxyl groups is 1. The fourth-order valence-corrected chi connectivity index (χ4v) is 2.65. The maximum atomic E-state index is 11.0. The zero-order chi connectivity index (χ0) is 13.9. The van der Waals surface area contributed by atoms with Crippen molar-refractivity contribution in [1.82, 2.24) is 5.32 Å². The molecule has 0 aliphatic heterocycles. The number of aromatic carboxylic acids is 1. The van der Waals surface area contributed by atoms with Crippen LogP contribution in [0.5, 0.6) is 0 Å². The van der Waals surface area contributed by atoms with Gasteiger partial charge in [-0.2, -0.15) is 0 Å². The molecule has 1 fully saturated rings. The SMILES string of the molecule is CC1CCC(CO)(NCc2ccoc2C(=O)O)CC1. The van der Waals surface area contributed by atoms with Crippen LogP contribution in [0, 0.1) is 5.92 Å². The highest BCUT2D eigenvalue weighted by Gasteiger charge is 2.33. The molecule has 0 aromatic carbocycles. The molecular weight excluding hydrogens is 246 g/mol. The maximum absolute atomic E-state index is 11.0. The first-order chi connectivity index (χ1) is 9.06. The number of nitrogens with one attached hydrogen (secondary N) is 1. The van der Waals surface area contributed by atoms with Crippen molar-refractivity contribution in [1.29, 1.82) is 0 Å². The van der Waals surface area contributed by atoms with Crippen molar-refractivity contribution in [2.45, 2.75) is 44.7 Å². The molecule has 0 atom stereocenters. The second-order valence-electron chi connectivity index (χ2n) is 5.55. The van der Waals surface area contributed by atoms with Crippen LogP contribution in [0.1, 0.15) is 48.7 Å². The fraction of sp³-hybridized carbons (Fsp3) is 0.643. The van der Waals surface area contributed by atoms with Gasteiger partial charge in [0.15, 0.2) is 0 Å². The smallest absolute Gasteiger partial charge is 0.372 e. The number of furan rings is 1. The van der Waals surface area contributed by atoms with Gasteiger partial charge in [0.05, 0.1) is 12.9 Å². The number of hydrogen-bond acceptors (Lipinski definition) is 4. The summed E-state index contributed by atoms with van der Waals surface area (Å²) in [4.78, 5) is 11.0. The molecule has 0 bridgehead atoms. The van der Waals surface area contributed by atoms with E-state index in [1.807, 2.05) is 0 Å². The molecule has 5 nitrogen and oxygen atoms in total. The van der Waals surface area contributed by atoms with E-state index in [1.54, 1.807) is 6.07 Å². The van der Waals surface area contributed by atoms with Crippen molar-refractivity contribution in [2.75, 3.05) is 6.61 Å². The number of rotatable bonds is 5. The average molecular weight is 267 g/mol. The van der Waals surface area contributed by atoms with Crippen molar-refractivity contribution in [3.05, 3.63) is 23.7 Å². The van der Waals surface area contributed by atoms with E-state index in [0.29, 0.717) is 18.0 Å². The molecule has 106 valence electrons. The average Bonchev–Trinajstić information content (AvgIpc) is 2.87.